The van der Waals surface area contributed by atoms with Crippen LogP contribution in [0.5, 0.6) is 11.6 Å². The number of hydrogen-bond acceptors (Lipinski definition) is 5. The SMILES string of the molecule is Cc1nn(C)c(Oc2ccc(Cl)c(C(=O)O)c2)c1[N+](=O)[O-]. The molecular formula is C12H10ClN3O5. The molecule has 1 aromatic heterocycles. The number of ether oxygens (including phenoxy) is 1. The van der Waals surface area contributed by atoms with Gasteiger partial charge in [-0.2, -0.15) is 5.10 Å². The molecule has 1 N–H and O–H groups in total. The van der Waals surface area contributed by atoms with Crippen molar-refractivity contribution in [3.05, 3.63) is 44.6 Å². The average Bonchev–Trinajstić information content (AvgIpc) is 2.66. The lowest BCUT2D eigenvalue weighted by Gasteiger charge is -2.07. The van der Waals surface area contributed by atoms with Crippen LogP contribution in [0, 0.1) is 17.0 Å². The molecule has 1 aromatic carbocycles. The van der Waals surface area contributed by atoms with Crippen LogP contribution in [0.4, 0.5) is 5.69 Å². The Morgan fingerprint density at radius 2 is 2.19 bits per heavy atom. The van der Waals surface area contributed by atoms with Gasteiger partial charge < -0.3 is 9.84 Å². The molecule has 2 aromatic rings. The Morgan fingerprint density at radius 3 is 2.76 bits per heavy atom. The van der Waals surface area contributed by atoms with E-state index in [1.807, 2.05) is 0 Å². The summed E-state index contributed by atoms with van der Waals surface area (Å²) in [6, 6.07) is 3.95. The van der Waals surface area contributed by atoms with Crippen LogP contribution in [0.2, 0.25) is 5.02 Å². The van der Waals surface area contributed by atoms with E-state index < -0.39 is 10.9 Å². The molecule has 8 nitrogen and oxygen atoms in total. The zero-order chi connectivity index (χ0) is 15.7. The summed E-state index contributed by atoms with van der Waals surface area (Å²) >= 11 is 5.75. The van der Waals surface area contributed by atoms with Gasteiger partial charge in [0.15, 0.2) is 0 Å². The van der Waals surface area contributed by atoms with Crippen molar-refractivity contribution >= 4 is 23.3 Å². The third-order valence-electron chi connectivity index (χ3n) is 2.70. The number of halogens is 1. The van der Waals surface area contributed by atoms with Gasteiger partial charge in [0, 0.05) is 7.05 Å². The predicted octanol–water partition coefficient (Wildman–Crippen LogP) is 2.78. The van der Waals surface area contributed by atoms with E-state index in [0.717, 1.165) is 0 Å². The minimum absolute atomic E-state index is 0.0468. The lowest BCUT2D eigenvalue weighted by molar-refractivity contribution is -0.386. The van der Waals surface area contributed by atoms with Crippen molar-refractivity contribution in [2.75, 3.05) is 0 Å². The fraction of sp³-hybridized carbons (Fsp3) is 0.167. The number of aromatic carboxylic acids is 1. The number of carboxylic acids is 1. The molecule has 110 valence electrons. The highest BCUT2D eigenvalue weighted by atomic mass is 35.5. The molecule has 0 aliphatic rings. The van der Waals surface area contributed by atoms with Crippen molar-refractivity contribution < 1.29 is 19.6 Å². The van der Waals surface area contributed by atoms with Crippen LogP contribution in [0.25, 0.3) is 0 Å². The number of rotatable bonds is 4. The first-order chi connectivity index (χ1) is 9.81. The molecule has 9 heteroatoms. The summed E-state index contributed by atoms with van der Waals surface area (Å²) in [6.07, 6.45) is 0. The van der Waals surface area contributed by atoms with E-state index in [-0.39, 0.29) is 33.6 Å². The molecule has 0 unspecified atom stereocenters. The molecule has 0 atom stereocenters. The smallest absolute Gasteiger partial charge is 0.353 e. The minimum atomic E-state index is -1.22. The van der Waals surface area contributed by atoms with Crippen molar-refractivity contribution in [1.29, 1.82) is 0 Å². The van der Waals surface area contributed by atoms with Crippen molar-refractivity contribution in [3.63, 3.8) is 0 Å². The first-order valence-electron chi connectivity index (χ1n) is 5.70. The zero-order valence-corrected chi connectivity index (χ0v) is 11.8. The molecule has 0 bridgehead atoms. The van der Waals surface area contributed by atoms with Gasteiger partial charge in [-0.05, 0) is 25.1 Å². The van der Waals surface area contributed by atoms with Gasteiger partial charge in [0.25, 0.3) is 5.88 Å². The van der Waals surface area contributed by atoms with Crippen LogP contribution in [-0.2, 0) is 7.05 Å². The second kappa shape index (κ2) is 5.41. The van der Waals surface area contributed by atoms with Crippen LogP contribution in [-0.4, -0.2) is 25.8 Å². The highest BCUT2D eigenvalue weighted by Crippen LogP contribution is 2.34. The quantitative estimate of drug-likeness (QED) is 0.687. The predicted molar refractivity (Wildman–Crippen MR) is 73.1 cm³/mol. The summed E-state index contributed by atoms with van der Waals surface area (Å²) in [5, 5.41) is 24.0. The van der Waals surface area contributed by atoms with E-state index in [0.29, 0.717) is 0 Å². The molecule has 1 heterocycles. The second-order valence-corrected chi connectivity index (χ2v) is 4.58. The maximum atomic E-state index is 11.0. The Labute approximate surface area is 123 Å². The summed E-state index contributed by atoms with van der Waals surface area (Å²) in [5.41, 5.74) is -0.232. The molecule has 0 radical (unpaired) electrons. The zero-order valence-electron chi connectivity index (χ0n) is 11.0. The molecular weight excluding hydrogens is 302 g/mol. The number of benzene rings is 1. The third kappa shape index (κ3) is 2.79. The van der Waals surface area contributed by atoms with Gasteiger partial charge >= 0.3 is 11.7 Å². The summed E-state index contributed by atoms with van der Waals surface area (Å²) in [4.78, 5) is 21.4. The average molecular weight is 312 g/mol. The largest absolute Gasteiger partial charge is 0.478 e. The number of carboxylic acid groups (broad SMARTS) is 1. The Kier molecular flexibility index (Phi) is 3.81. The maximum Gasteiger partial charge on any atom is 0.353 e. The maximum absolute atomic E-state index is 11.0. The monoisotopic (exact) mass is 311 g/mol. The fourth-order valence-electron chi connectivity index (χ4n) is 1.79. The Bertz CT molecular complexity index is 741. The van der Waals surface area contributed by atoms with Crippen molar-refractivity contribution in [1.82, 2.24) is 9.78 Å². The van der Waals surface area contributed by atoms with Crippen LogP contribution in [0.1, 0.15) is 16.1 Å². The van der Waals surface area contributed by atoms with Crippen LogP contribution < -0.4 is 4.74 Å². The molecule has 0 spiro atoms. The molecule has 0 aliphatic heterocycles. The van der Waals surface area contributed by atoms with E-state index in [1.54, 1.807) is 0 Å². The second-order valence-electron chi connectivity index (χ2n) is 4.17. The molecule has 2 rings (SSSR count). The van der Waals surface area contributed by atoms with Gasteiger partial charge in [0.2, 0.25) is 0 Å². The van der Waals surface area contributed by atoms with E-state index in [1.165, 1.54) is 36.9 Å². The minimum Gasteiger partial charge on any atom is -0.478 e. The van der Waals surface area contributed by atoms with Gasteiger partial charge in [-0.15, -0.1) is 0 Å². The lowest BCUT2D eigenvalue weighted by Crippen LogP contribution is -2.00. The normalized spacial score (nSPS) is 10.4. The first kappa shape index (κ1) is 14.8. The van der Waals surface area contributed by atoms with E-state index in [2.05, 4.69) is 5.10 Å². The summed E-state index contributed by atoms with van der Waals surface area (Å²) in [6.45, 7) is 1.48. The fourth-order valence-corrected chi connectivity index (χ4v) is 1.99. The third-order valence-corrected chi connectivity index (χ3v) is 3.03. The molecule has 0 fully saturated rings. The van der Waals surface area contributed by atoms with E-state index in [4.69, 9.17) is 21.4 Å². The molecule has 21 heavy (non-hydrogen) atoms. The topological polar surface area (TPSA) is 107 Å². The number of carbonyl (C=O) groups is 1. The summed E-state index contributed by atoms with van der Waals surface area (Å²) in [5.74, 6) is -1.19. The van der Waals surface area contributed by atoms with E-state index in [9.17, 15) is 14.9 Å². The standard InChI is InChI=1S/C12H10ClN3O5/c1-6-10(16(19)20)11(15(2)14-6)21-7-3-4-9(13)8(5-7)12(17)18/h3-5H,1-2H3,(H,17,18). The first-order valence-corrected chi connectivity index (χ1v) is 6.07. The number of aryl methyl sites for hydroxylation is 2. The molecule has 0 amide bonds. The number of nitro groups is 1. The highest BCUT2D eigenvalue weighted by Gasteiger charge is 2.26. The number of aromatic nitrogens is 2. The van der Waals surface area contributed by atoms with Gasteiger partial charge in [0.05, 0.1) is 15.5 Å². The van der Waals surface area contributed by atoms with Crippen molar-refractivity contribution in [3.8, 4) is 11.6 Å². The number of nitrogens with zero attached hydrogens (tertiary/aromatic N) is 3. The van der Waals surface area contributed by atoms with Gasteiger partial charge in [-0.25, -0.2) is 9.48 Å². The number of hydrogen-bond donors (Lipinski definition) is 1. The summed E-state index contributed by atoms with van der Waals surface area (Å²) < 4.78 is 6.62. The van der Waals surface area contributed by atoms with Crippen LogP contribution in [0.15, 0.2) is 18.2 Å². The van der Waals surface area contributed by atoms with Crippen molar-refractivity contribution in [2.45, 2.75) is 6.92 Å². The van der Waals surface area contributed by atoms with Gasteiger partial charge in [-0.3, -0.25) is 10.1 Å². The van der Waals surface area contributed by atoms with E-state index >= 15 is 0 Å². The molecule has 0 aliphatic carbocycles. The molecule has 0 saturated heterocycles. The highest BCUT2D eigenvalue weighted by molar-refractivity contribution is 6.33. The Hall–Kier alpha value is -2.61. The van der Waals surface area contributed by atoms with Gasteiger partial charge in [0.1, 0.15) is 11.4 Å². The summed E-state index contributed by atoms with van der Waals surface area (Å²) in [7, 11) is 1.49. The Balaban J connectivity index is 2.46. The lowest BCUT2D eigenvalue weighted by atomic mass is 10.2. The Morgan fingerprint density at radius 1 is 1.52 bits per heavy atom. The van der Waals surface area contributed by atoms with Gasteiger partial charge in [-0.1, -0.05) is 11.6 Å². The van der Waals surface area contributed by atoms with Crippen LogP contribution in [0.3, 0.4) is 0 Å². The molecule has 0 saturated carbocycles. The van der Waals surface area contributed by atoms with Crippen molar-refractivity contribution in [2.24, 2.45) is 7.05 Å². The van der Waals surface area contributed by atoms with Crippen LogP contribution >= 0.6 is 11.6 Å².